The van der Waals surface area contributed by atoms with Gasteiger partial charge in [-0.15, -0.1) is 0 Å². The largest absolute Gasteiger partial charge is 0.369 e. The normalized spacial score (nSPS) is 19.8. The third-order valence-corrected chi connectivity index (χ3v) is 3.24. The molecule has 13 heavy (non-hydrogen) atoms. The third-order valence-electron chi connectivity index (χ3n) is 2.54. The van der Waals surface area contributed by atoms with Crippen LogP contribution in [0.4, 0.5) is 0 Å². The van der Waals surface area contributed by atoms with E-state index in [9.17, 15) is 0 Å². The van der Waals surface area contributed by atoms with Crippen LogP contribution in [0.15, 0.2) is 16.8 Å². The molecule has 1 saturated carbocycles. The van der Waals surface area contributed by atoms with E-state index in [0.29, 0.717) is 12.6 Å². The number of thiophene rings is 1. The van der Waals surface area contributed by atoms with Gasteiger partial charge >= 0.3 is 0 Å². The smallest absolute Gasteiger partial charge is 0.0958 e. The topological polar surface area (TPSA) is 35.2 Å². The summed E-state index contributed by atoms with van der Waals surface area (Å²) < 4.78 is 5.86. The van der Waals surface area contributed by atoms with Gasteiger partial charge in [0.15, 0.2) is 0 Å². The Morgan fingerprint density at radius 1 is 1.62 bits per heavy atom. The lowest BCUT2D eigenvalue weighted by molar-refractivity contribution is -0.0485. The lowest BCUT2D eigenvalue weighted by Gasteiger charge is -2.29. The summed E-state index contributed by atoms with van der Waals surface area (Å²) in [6, 6.07) is 2.10. The molecule has 3 heteroatoms. The molecule has 1 aromatic rings. The van der Waals surface area contributed by atoms with Gasteiger partial charge < -0.3 is 10.5 Å². The molecule has 1 fully saturated rings. The van der Waals surface area contributed by atoms with E-state index in [-0.39, 0.29) is 6.10 Å². The second-order valence-corrected chi connectivity index (χ2v) is 4.25. The molecular weight excluding hydrogens is 182 g/mol. The fourth-order valence-corrected chi connectivity index (χ4v) is 2.17. The van der Waals surface area contributed by atoms with Gasteiger partial charge in [-0.3, -0.25) is 0 Å². The molecule has 1 atom stereocenters. The lowest BCUT2D eigenvalue weighted by atomic mass is 9.96. The summed E-state index contributed by atoms with van der Waals surface area (Å²) in [4.78, 5) is 0. The maximum Gasteiger partial charge on any atom is 0.0958 e. The van der Waals surface area contributed by atoms with Crippen LogP contribution in [0.25, 0.3) is 0 Å². The number of hydrogen-bond acceptors (Lipinski definition) is 3. The standard InChI is InChI=1S/C10H15NOS/c11-6-10(8-4-5-13-7-8)12-9-2-1-3-9/h4-5,7,9-10H,1-3,6,11H2. The predicted molar refractivity (Wildman–Crippen MR) is 54.8 cm³/mol. The van der Waals surface area contributed by atoms with Crippen LogP contribution in [0.3, 0.4) is 0 Å². The van der Waals surface area contributed by atoms with E-state index in [0.717, 1.165) is 0 Å². The first-order valence-electron chi connectivity index (χ1n) is 4.78. The van der Waals surface area contributed by atoms with E-state index in [4.69, 9.17) is 10.5 Å². The Bertz CT molecular complexity index is 243. The van der Waals surface area contributed by atoms with Crippen molar-refractivity contribution in [2.24, 2.45) is 5.73 Å². The molecule has 0 spiro atoms. The van der Waals surface area contributed by atoms with E-state index >= 15 is 0 Å². The van der Waals surface area contributed by atoms with Crippen molar-refractivity contribution in [3.63, 3.8) is 0 Å². The number of rotatable bonds is 4. The first-order chi connectivity index (χ1) is 6.40. The minimum Gasteiger partial charge on any atom is -0.369 e. The summed E-state index contributed by atoms with van der Waals surface area (Å²) in [5.41, 5.74) is 6.91. The molecule has 1 aromatic heterocycles. The molecule has 0 amide bonds. The summed E-state index contributed by atoms with van der Waals surface area (Å²) in [6.07, 6.45) is 4.32. The first kappa shape index (κ1) is 9.19. The summed E-state index contributed by atoms with van der Waals surface area (Å²) in [5, 5.41) is 4.19. The van der Waals surface area contributed by atoms with Crippen molar-refractivity contribution in [3.05, 3.63) is 22.4 Å². The van der Waals surface area contributed by atoms with E-state index in [1.165, 1.54) is 24.8 Å². The lowest BCUT2D eigenvalue weighted by Crippen LogP contribution is -2.27. The van der Waals surface area contributed by atoms with E-state index in [2.05, 4.69) is 16.8 Å². The van der Waals surface area contributed by atoms with E-state index in [1.54, 1.807) is 11.3 Å². The molecule has 1 unspecified atom stereocenters. The van der Waals surface area contributed by atoms with Gasteiger partial charge in [-0.25, -0.2) is 0 Å². The van der Waals surface area contributed by atoms with Crippen LogP contribution < -0.4 is 5.73 Å². The van der Waals surface area contributed by atoms with Gasteiger partial charge in [-0.05, 0) is 41.7 Å². The summed E-state index contributed by atoms with van der Waals surface area (Å²) in [6.45, 7) is 0.591. The molecule has 0 saturated heterocycles. The molecule has 0 bridgehead atoms. The van der Waals surface area contributed by atoms with Crippen molar-refractivity contribution in [1.29, 1.82) is 0 Å². The van der Waals surface area contributed by atoms with Crippen molar-refractivity contribution in [2.45, 2.75) is 31.5 Å². The molecule has 0 aliphatic heterocycles. The Morgan fingerprint density at radius 2 is 2.46 bits per heavy atom. The molecule has 2 nitrogen and oxygen atoms in total. The van der Waals surface area contributed by atoms with Crippen LogP contribution in [0, 0.1) is 0 Å². The molecule has 1 aliphatic carbocycles. The fourth-order valence-electron chi connectivity index (χ4n) is 1.47. The van der Waals surface area contributed by atoms with Crippen molar-refractivity contribution in [2.75, 3.05) is 6.54 Å². The highest BCUT2D eigenvalue weighted by Crippen LogP contribution is 2.29. The quantitative estimate of drug-likeness (QED) is 0.804. The summed E-state index contributed by atoms with van der Waals surface area (Å²) in [5.74, 6) is 0. The van der Waals surface area contributed by atoms with Gasteiger partial charge in [-0.1, -0.05) is 0 Å². The molecule has 1 heterocycles. The molecule has 0 radical (unpaired) electrons. The zero-order valence-corrected chi connectivity index (χ0v) is 8.43. The van der Waals surface area contributed by atoms with Gasteiger partial charge in [-0.2, -0.15) is 11.3 Å². The Kier molecular flexibility index (Phi) is 2.98. The third kappa shape index (κ3) is 2.10. The molecule has 0 aromatic carbocycles. The van der Waals surface area contributed by atoms with Crippen LogP contribution >= 0.6 is 11.3 Å². The second-order valence-electron chi connectivity index (χ2n) is 3.47. The minimum absolute atomic E-state index is 0.122. The molecule has 2 N–H and O–H groups in total. The highest BCUT2D eigenvalue weighted by Gasteiger charge is 2.22. The second kappa shape index (κ2) is 4.22. The van der Waals surface area contributed by atoms with Crippen LogP contribution in [0.2, 0.25) is 0 Å². The highest BCUT2D eigenvalue weighted by atomic mass is 32.1. The first-order valence-corrected chi connectivity index (χ1v) is 5.72. The Labute approximate surface area is 82.7 Å². The molecule has 1 aliphatic rings. The average Bonchev–Trinajstić information content (AvgIpc) is 2.55. The SMILES string of the molecule is NCC(OC1CCC1)c1ccsc1. The Hall–Kier alpha value is -0.380. The van der Waals surface area contributed by atoms with Crippen molar-refractivity contribution < 1.29 is 4.74 Å². The van der Waals surface area contributed by atoms with Gasteiger partial charge in [0, 0.05) is 6.54 Å². The van der Waals surface area contributed by atoms with Crippen LogP contribution in [-0.2, 0) is 4.74 Å². The average molecular weight is 197 g/mol. The van der Waals surface area contributed by atoms with E-state index in [1.807, 2.05) is 0 Å². The molecule has 2 rings (SSSR count). The van der Waals surface area contributed by atoms with Gasteiger partial charge in [0.05, 0.1) is 12.2 Å². The number of ether oxygens (including phenoxy) is 1. The van der Waals surface area contributed by atoms with Crippen molar-refractivity contribution in [3.8, 4) is 0 Å². The molecular formula is C10H15NOS. The number of hydrogen-bond donors (Lipinski definition) is 1. The molecule has 72 valence electrons. The van der Waals surface area contributed by atoms with Crippen LogP contribution in [-0.4, -0.2) is 12.6 Å². The summed E-state index contributed by atoms with van der Waals surface area (Å²) in [7, 11) is 0. The van der Waals surface area contributed by atoms with Gasteiger partial charge in [0.25, 0.3) is 0 Å². The van der Waals surface area contributed by atoms with Crippen molar-refractivity contribution >= 4 is 11.3 Å². The Balaban J connectivity index is 1.92. The summed E-state index contributed by atoms with van der Waals surface area (Å²) >= 11 is 1.70. The number of nitrogens with two attached hydrogens (primary N) is 1. The maximum absolute atomic E-state index is 5.86. The fraction of sp³-hybridized carbons (Fsp3) is 0.600. The van der Waals surface area contributed by atoms with Crippen molar-refractivity contribution in [1.82, 2.24) is 0 Å². The van der Waals surface area contributed by atoms with Gasteiger partial charge in [0.1, 0.15) is 0 Å². The van der Waals surface area contributed by atoms with Gasteiger partial charge in [0.2, 0.25) is 0 Å². The van der Waals surface area contributed by atoms with E-state index < -0.39 is 0 Å². The Morgan fingerprint density at radius 3 is 2.92 bits per heavy atom. The monoisotopic (exact) mass is 197 g/mol. The van der Waals surface area contributed by atoms with Crippen LogP contribution in [0.1, 0.15) is 30.9 Å². The minimum atomic E-state index is 0.122. The van der Waals surface area contributed by atoms with Crippen LogP contribution in [0.5, 0.6) is 0 Å². The zero-order valence-electron chi connectivity index (χ0n) is 7.61. The zero-order chi connectivity index (χ0) is 9.10. The maximum atomic E-state index is 5.86. The highest BCUT2D eigenvalue weighted by molar-refractivity contribution is 7.07. The predicted octanol–water partition coefficient (Wildman–Crippen LogP) is 2.32.